The second-order valence-corrected chi connectivity index (χ2v) is 9.20. The number of hydrogen-bond acceptors (Lipinski definition) is 5. The van der Waals surface area contributed by atoms with Gasteiger partial charge in [-0.2, -0.15) is 16.2 Å². The van der Waals surface area contributed by atoms with Crippen LogP contribution < -0.4 is 5.32 Å². The van der Waals surface area contributed by atoms with Crippen LogP contribution in [0.4, 0.5) is 13.6 Å². The first-order valence-electron chi connectivity index (χ1n) is 9.06. The highest BCUT2D eigenvalue weighted by molar-refractivity contribution is 7.97. The van der Waals surface area contributed by atoms with E-state index in [2.05, 4.69) is 10.3 Å². The average Bonchev–Trinajstić information content (AvgIpc) is 3.06. The van der Waals surface area contributed by atoms with Crippen LogP contribution in [-0.4, -0.2) is 41.4 Å². The van der Waals surface area contributed by atoms with Crippen molar-refractivity contribution in [3.8, 4) is 11.3 Å². The van der Waals surface area contributed by atoms with Crippen molar-refractivity contribution in [2.45, 2.75) is 17.1 Å². The molecule has 1 aromatic carbocycles. The van der Waals surface area contributed by atoms with Crippen LogP contribution in [0.15, 0.2) is 53.7 Å². The Hall–Kier alpha value is -2.92. The zero-order valence-electron chi connectivity index (χ0n) is 16.4. The van der Waals surface area contributed by atoms with E-state index in [0.717, 1.165) is 11.8 Å². The maximum Gasteiger partial charge on any atom is 0.404 e. The van der Waals surface area contributed by atoms with Gasteiger partial charge >= 0.3 is 6.09 Å². The van der Waals surface area contributed by atoms with Crippen LogP contribution in [0.3, 0.4) is 0 Å². The van der Waals surface area contributed by atoms with E-state index in [1.807, 2.05) is 6.26 Å². The number of carbonyl (C=O) groups is 1. The summed E-state index contributed by atoms with van der Waals surface area (Å²) in [7, 11) is -4.28. The van der Waals surface area contributed by atoms with Crippen LogP contribution in [0.25, 0.3) is 11.3 Å². The van der Waals surface area contributed by atoms with Gasteiger partial charge in [0.05, 0.1) is 10.5 Å². The summed E-state index contributed by atoms with van der Waals surface area (Å²) in [5.74, 6) is -1.40. The highest BCUT2D eigenvalue weighted by Crippen LogP contribution is 2.32. The van der Waals surface area contributed by atoms with Gasteiger partial charge in [-0.3, -0.25) is 0 Å². The Kier molecular flexibility index (Phi) is 6.96. The lowest BCUT2D eigenvalue weighted by atomic mass is 10.1. The Labute approximate surface area is 182 Å². The molecule has 7 nitrogen and oxygen atoms in total. The maximum absolute atomic E-state index is 15.3. The molecule has 1 amide bonds. The predicted molar refractivity (Wildman–Crippen MR) is 114 cm³/mol. The monoisotopic (exact) mass is 467 g/mol. The smallest absolute Gasteiger partial charge is 0.404 e. The minimum absolute atomic E-state index is 0.0733. The first kappa shape index (κ1) is 22.8. The fourth-order valence-electron chi connectivity index (χ4n) is 3.06. The lowest BCUT2D eigenvalue weighted by Gasteiger charge is -2.12. The molecule has 11 heteroatoms. The Morgan fingerprint density at radius 1 is 1.26 bits per heavy atom. The number of halogens is 2. The van der Waals surface area contributed by atoms with Crippen molar-refractivity contribution in [2.75, 3.05) is 12.8 Å². The Bertz CT molecular complexity index is 1210. The predicted octanol–water partition coefficient (Wildman–Crippen LogP) is 3.74. The highest BCUT2D eigenvalue weighted by atomic mass is 32.2. The van der Waals surface area contributed by atoms with Crippen LogP contribution in [0.2, 0.25) is 0 Å². The van der Waals surface area contributed by atoms with Gasteiger partial charge in [0.15, 0.2) is 5.82 Å². The number of aromatic nitrogens is 2. The molecule has 0 saturated carbocycles. The molecule has 0 aliphatic rings. The zero-order valence-corrected chi connectivity index (χ0v) is 18.0. The molecule has 0 bridgehead atoms. The molecule has 0 radical (unpaired) electrons. The van der Waals surface area contributed by atoms with Crippen molar-refractivity contribution in [3.63, 3.8) is 0 Å². The molecule has 2 heterocycles. The normalized spacial score (nSPS) is 11.5. The molecule has 0 spiro atoms. The summed E-state index contributed by atoms with van der Waals surface area (Å²) >= 11 is 1.52. The number of nitrogens with one attached hydrogen (secondary N) is 1. The van der Waals surface area contributed by atoms with Crippen molar-refractivity contribution in [3.05, 3.63) is 71.7 Å². The summed E-state index contributed by atoms with van der Waals surface area (Å²) in [6.45, 7) is -0.144. The van der Waals surface area contributed by atoms with Crippen LogP contribution in [0.5, 0.6) is 0 Å². The molecule has 3 rings (SSSR count). The van der Waals surface area contributed by atoms with Gasteiger partial charge in [0.25, 0.3) is 10.0 Å². The summed E-state index contributed by atoms with van der Waals surface area (Å²) in [6.07, 6.45) is 2.68. The van der Waals surface area contributed by atoms with Gasteiger partial charge in [-0.15, -0.1) is 0 Å². The van der Waals surface area contributed by atoms with E-state index in [-0.39, 0.29) is 29.0 Å². The van der Waals surface area contributed by atoms with E-state index >= 15 is 4.39 Å². The van der Waals surface area contributed by atoms with E-state index in [0.29, 0.717) is 9.73 Å². The molecule has 3 aromatic rings. The molecule has 0 atom stereocenters. The Morgan fingerprint density at radius 2 is 2.03 bits per heavy atom. The first-order valence-corrected chi connectivity index (χ1v) is 11.9. The summed E-state index contributed by atoms with van der Waals surface area (Å²) in [4.78, 5) is 14.1. The van der Waals surface area contributed by atoms with Crippen LogP contribution in [0.1, 0.15) is 11.1 Å². The molecule has 164 valence electrons. The summed E-state index contributed by atoms with van der Waals surface area (Å²) in [5, 5.41) is 10.8. The molecule has 2 N–H and O–H groups in total. The number of benzene rings is 1. The lowest BCUT2D eigenvalue weighted by Crippen LogP contribution is -2.23. The quantitative estimate of drug-likeness (QED) is 0.490. The minimum Gasteiger partial charge on any atom is -0.465 e. The molecule has 2 aromatic heterocycles. The molecule has 0 aliphatic heterocycles. The Morgan fingerprint density at radius 3 is 2.71 bits per heavy atom. The van der Waals surface area contributed by atoms with E-state index in [4.69, 9.17) is 5.11 Å². The summed E-state index contributed by atoms with van der Waals surface area (Å²) in [5.41, 5.74) is -0.121. The van der Waals surface area contributed by atoms with Crippen molar-refractivity contribution in [2.24, 2.45) is 0 Å². The molecule has 0 unspecified atom stereocenters. The highest BCUT2D eigenvalue weighted by Gasteiger charge is 2.28. The maximum atomic E-state index is 15.3. The Balaban J connectivity index is 2.17. The van der Waals surface area contributed by atoms with Crippen molar-refractivity contribution in [1.29, 1.82) is 0 Å². The van der Waals surface area contributed by atoms with Gasteiger partial charge in [-0.1, -0.05) is 12.1 Å². The van der Waals surface area contributed by atoms with Crippen LogP contribution in [-0.2, 0) is 22.2 Å². The van der Waals surface area contributed by atoms with E-state index in [1.54, 1.807) is 12.1 Å². The van der Waals surface area contributed by atoms with E-state index in [1.165, 1.54) is 42.2 Å². The molecule has 0 aliphatic carbocycles. The van der Waals surface area contributed by atoms with Crippen molar-refractivity contribution < 1.29 is 27.1 Å². The number of pyridine rings is 1. The molecular formula is C20H19F2N3O4S2. The second kappa shape index (κ2) is 9.48. The molecule has 0 fully saturated rings. The largest absolute Gasteiger partial charge is 0.465 e. The lowest BCUT2D eigenvalue weighted by molar-refractivity contribution is 0.194. The van der Waals surface area contributed by atoms with Gasteiger partial charge in [0.1, 0.15) is 5.69 Å². The third kappa shape index (κ3) is 4.88. The number of rotatable bonds is 8. The number of amides is 1. The molecule has 0 saturated heterocycles. The third-order valence-electron chi connectivity index (χ3n) is 4.43. The van der Waals surface area contributed by atoms with Crippen LogP contribution >= 0.6 is 11.8 Å². The number of nitrogens with zero attached hydrogens (tertiary/aromatic N) is 2. The van der Waals surface area contributed by atoms with Gasteiger partial charge in [0.2, 0.25) is 5.95 Å². The fraction of sp³-hybridized carbons (Fsp3) is 0.200. The second-order valence-electron chi connectivity index (χ2n) is 6.52. The van der Waals surface area contributed by atoms with Crippen molar-refractivity contribution >= 4 is 27.9 Å². The van der Waals surface area contributed by atoms with Crippen LogP contribution in [0, 0.1) is 11.8 Å². The standard InChI is InChI=1S/C20H19F2N3O4S2/c1-30-12-13-4-2-5-15(10-13)31(28,29)25-11-14(7-9-24-20(26)27)17(21)18(25)16-6-3-8-23-19(16)22/h2-6,8,10-11,24H,7,9,12H2,1H3,(H,26,27). The van der Waals surface area contributed by atoms with Gasteiger partial charge < -0.3 is 10.4 Å². The topological polar surface area (TPSA) is 101 Å². The average molecular weight is 468 g/mol. The third-order valence-corrected chi connectivity index (χ3v) is 6.71. The van der Waals surface area contributed by atoms with Crippen molar-refractivity contribution in [1.82, 2.24) is 14.3 Å². The van der Waals surface area contributed by atoms with E-state index in [9.17, 15) is 17.6 Å². The van der Waals surface area contributed by atoms with Gasteiger partial charge in [0, 0.05) is 30.3 Å². The first-order chi connectivity index (χ1) is 14.8. The number of thioether (sulfide) groups is 1. The van der Waals surface area contributed by atoms with Gasteiger partial charge in [-0.05, 0) is 42.5 Å². The van der Waals surface area contributed by atoms with E-state index < -0.39 is 33.6 Å². The molecule has 31 heavy (non-hydrogen) atoms. The fourth-order valence-corrected chi connectivity index (χ4v) is 5.03. The number of hydrogen-bond donors (Lipinski definition) is 2. The van der Waals surface area contributed by atoms with Gasteiger partial charge in [-0.25, -0.2) is 26.6 Å². The molecular weight excluding hydrogens is 448 g/mol. The number of carboxylic acid groups (broad SMARTS) is 1. The summed E-state index contributed by atoms with van der Waals surface area (Å²) < 4.78 is 57.1. The zero-order chi connectivity index (χ0) is 22.6. The summed E-state index contributed by atoms with van der Waals surface area (Å²) in [6, 6.07) is 8.82. The SMILES string of the molecule is CSCc1cccc(S(=O)(=O)n2cc(CCNC(=O)O)c(F)c2-c2cccnc2F)c1. The minimum atomic E-state index is -4.28.